The number of hydrogen-bond donors (Lipinski definition) is 0. The summed E-state index contributed by atoms with van der Waals surface area (Å²) in [5, 5.41) is 0.968. The van der Waals surface area contributed by atoms with Crippen molar-refractivity contribution >= 4 is 29.1 Å². The first kappa shape index (κ1) is 18.1. The van der Waals surface area contributed by atoms with Crippen LogP contribution in [0.15, 0.2) is 18.2 Å². The van der Waals surface area contributed by atoms with E-state index in [1.165, 1.54) is 0 Å². The standard InChI is InChI=1S/C16H23Cl2NO2/c1-3-5-9-19(10-6-4-2)16(20)12-21-15-8-7-13(17)11-14(15)18/h7-8,11H,3-6,9-10,12H2,1-2H3. The molecule has 1 aromatic rings. The third-order valence-corrected chi connectivity index (χ3v) is 3.69. The van der Waals surface area contributed by atoms with Gasteiger partial charge in [-0.2, -0.15) is 0 Å². The summed E-state index contributed by atoms with van der Waals surface area (Å²) in [6, 6.07) is 4.98. The normalized spacial score (nSPS) is 10.5. The molecule has 0 N–H and O–H groups in total. The molecule has 0 radical (unpaired) electrons. The van der Waals surface area contributed by atoms with Gasteiger partial charge in [0.25, 0.3) is 5.91 Å². The largest absolute Gasteiger partial charge is 0.482 e. The molecule has 0 saturated carbocycles. The smallest absolute Gasteiger partial charge is 0.260 e. The first-order valence-electron chi connectivity index (χ1n) is 7.44. The Kier molecular flexibility index (Phi) is 8.55. The number of rotatable bonds is 9. The molecule has 0 fully saturated rings. The summed E-state index contributed by atoms with van der Waals surface area (Å²) in [5.41, 5.74) is 0. The third-order valence-electron chi connectivity index (χ3n) is 3.16. The molecular weight excluding hydrogens is 309 g/mol. The Morgan fingerprint density at radius 3 is 2.29 bits per heavy atom. The fourth-order valence-electron chi connectivity index (χ4n) is 1.88. The second-order valence-corrected chi connectivity index (χ2v) is 5.79. The molecule has 3 nitrogen and oxygen atoms in total. The van der Waals surface area contributed by atoms with Gasteiger partial charge in [-0.1, -0.05) is 49.9 Å². The molecular formula is C16H23Cl2NO2. The van der Waals surface area contributed by atoms with Crippen LogP contribution < -0.4 is 4.74 Å². The van der Waals surface area contributed by atoms with E-state index in [9.17, 15) is 4.79 Å². The zero-order valence-corrected chi connectivity index (χ0v) is 14.2. The molecule has 21 heavy (non-hydrogen) atoms. The van der Waals surface area contributed by atoms with Gasteiger partial charge in [0.15, 0.2) is 6.61 Å². The second-order valence-electron chi connectivity index (χ2n) is 4.95. The molecule has 1 aromatic carbocycles. The summed E-state index contributed by atoms with van der Waals surface area (Å²) >= 11 is 11.9. The Morgan fingerprint density at radius 1 is 1.14 bits per heavy atom. The van der Waals surface area contributed by atoms with E-state index in [0.29, 0.717) is 15.8 Å². The Hall–Kier alpha value is -0.930. The number of amides is 1. The van der Waals surface area contributed by atoms with Crippen LogP contribution in [0.5, 0.6) is 5.75 Å². The minimum absolute atomic E-state index is 0.00270. The van der Waals surface area contributed by atoms with E-state index in [2.05, 4.69) is 13.8 Å². The van der Waals surface area contributed by atoms with Crippen molar-refractivity contribution in [2.75, 3.05) is 19.7 Å². The van der Waals surface area contributed by atoms with Gasteiger partial charge in [0.1, 0.15) is 5.75 Å². The predicted octanol–water partition coefficient (Wildman–Crippen LogP) is 4.80. The molecule has 0 spiro atoms. The summed E-state index contributed by atoms with van der Waals surface area (Å²) in [6.45, 7) is 5.81. The van der Waals surface area contributed by atoms with Crippen LogP contribution >= 0.6 is 23.2 Å². The molecule has 1 rings (SSSR count). The number of unbranched alkanes of at least 4 members (excludes halogenated alkanes) is 2. The van der Waals surface area contributed by atoms with Gasteiger partial charge in [-0.3, -0.25) is 4.79 Å². The van der Waals surface area contributed by atoms with Crippen molar-refractivity contribution in [2.24, 2.45) is 0 Å². The Balaban J connectivity index is 2.55. The summed E-state index contributed by atoms with van der Waals surface area (Å²) in [5.74, 6) is 0.489. The quantitative estimate of drug-likeness (QED) is 0.650. The molecule has 0 bridgehead atoms. The van der Waals surface area contributed by atoms with Crippen LogP contribution in [0.1, 0.15) is 39.5 Å². The molecule has 5 heteroatoms. The highest BCUT2D eigenvalue weighted by Gasteiger charge is 2.14. The van der Waals surface area contributed by atoms with Crippen LogP contribution in [0.3, 0.4) is 0 Å². The average molecular weight is 332 g/mol. The highest BCUT2D eigenvalue weighted by molar-refractivity contribution is 6.35. The van der Waals surface area contributed by atoms with Gasteiger partial charge in [-0.15, -0.1) is 0 Å². The molecule has 0 aromatic heterocycles. The summed E-state index contributed by atoms with van der Waals surface area (Å²) < 4.78 is 5.51. The van der Waals surface area contributed by atoms with E-state index in [1.807, 2.05) is 4.90 Å². The van der Waals surface area contributed by atoms with Gasteiger partial charge in [0, 0.05) is 18.1 Å². The lowest BCUT2D eigenvalue weighted by atomic mass is 10.2. The van der Waals surface area contributed by atoms with Crippen LogP contribution in [-0.2, 0) is 4.79 Å². The van der Waals surface area contributed by atoms with E-state index in [1.54, 1.807) is 18.2 Å². The van der Waals surface area contributed by atoms with E-state index >= 15 is 0 Å². The average Bonchev–Trinajstić information content (AvgIpc) is 2.46. The monoisotopic (exact) mass is 331 g/mol. The number of carbonyl (C=O) groups is 1. The van der Waals surface area contributed by atoms with Gasteiger partial charge < -0.3 is 9.64 Å². The summed E-state index contributed by atoms with van der Waals surface area (Å²) in [4.78, 5) is 14.1. The fourth-order valence-corrected chi connectivity index (χ4v) is 2.35. The van der Waals surface area contributed by atoms with Crippen LogP contribution in [-0.4, -0.2) is 30.5 Å². The van der Waals surface area contributed by atoms with Gasteiger partial charge in [0.2, 0.25) is 0 Å². The topological polar surface area (TPSA) is 29.5 Å². The molecule has 0 aliphatic rings. The molecule has 118 valence electrons. The number of nitrogens with zero attached hydrogens (tertiary/aromatic N) is 1. The van der Waals surface area contributed by atoms with Crippen LogP contribution in [0.4, 0.5) is 0 Å². The lowest BCUT2D eigenvalue weighted by Crippen LogP contribution is -2.36. The van der Waals surface area contributed by atoms with Crippen molar-refractivity contribution in [3.8, 4) is 5.75 Å². The zero-order valence-electron chi connectivity index (χ0n) is 12.7. The van der Waals surface area contributed by atoms with Gasteiger partial charge in [-0.25, -0.2) is 0 Å². The maximum Gasteiger partial charge on any atom is 0.260 e. The van der Waals surface area contributed by atoms with E-state index in [0.717, 1.165) is 38.8 Å². The van der Waals surface area contributed by atoms with Crippen molar-refractivity contribution in [3.63, 3.8) is 0 Å². The highest BCUT2D eigenvalue weighted by Crippen LogP contribution is 2.27. The molecule has 0 saturated heterocycles. The minimum Gasteiger partial charge on any atom is -0.482 e. The van der Waals surface area contributed by atoms with E-state index in [4.69, 9.17) is 27.9 Å². The Bertz CT molecular complexity index is 444. The molecule has 0 aliphatic heterocycles. The van der Waals surface area contributed by atoms with E-state index < -0.39 is 0 Å². The van der Waals surface area contributed by atoms with Crippen LogP contribution in [0.25, 0.3) is 0 Å². The first-order chi connectivity index (χ1) is 10.1. The number of halogens is 2. The summed E-state index contributed by atoms with van der Waals surface area (Å²) in [6.07, 6.45) is 4.16. The van der Waals surface area contributed by atoms with Gasteiger partial charge >= 0.3 is 0 Å². The maximum absolute atomic E-state index is 12.2. The van der Waals surface area contributed by atoms with Crippen molar-refractivity contribution in [1.82, 2.24) is 4.90 Å². The van der Waals surface area contributed by atoms with Crippen molar-refractivity contribution in [3.05, 3.63) is 28.2 Å². The molecule has 0 aliphatic carbocycles. The lowest BCUT2D eigenvalue weighted by Gasteiger charge is -2.22. The summed E-state index contributed by atoms with van der Waals surface area (Å²) in [7, 11) is 0. The number of benzene rings is 1. The number of carbonyl (C=O) groups excluding carboxylic acids is 1. The predicted molar refractivity (Wildman–Crippen MR) is 88.4 cm³/mol. The molecule has 1 amide bonds. The van der Waals surface area contributed by atoms with Crippen molar-refractivity contribution in [1.29, 1.82) is 0 Å². The molecule has 0 heterocycles. The van der Waals surface area contributed by atoms with E-state index in [-0.39, 0.29) is 12.5 Å². The maximum atomic E-state index is 12.2. The fraction of sp³-hybridized carbons (Fsp3) is 0.562. The van der Waals surface area contributed by atoms with Crippen LogP contribution in [0.2, 0.25) is 10.0 Å². The molecule has 0 atom stereocenters. The number of hydrogen-bond acceptors (Lipinski definition) is 2. The lowest BCUT2D eigenvalue weighted by molar-refractivity contribution is -0.133. The minimum atomic E-state index is 0.00270. The van der Waals surface area contributed by atoms with Crippen LogP contribution in [0, 0.1) is 0 Å². The van der Waals surface area contributed by atoms with Gasteiger partial charge in [-0.05, 0) is 31.0 Å². The number of ether oxygens (including phenoxy) is 1. The Morgan fingerprint density at radius 2 is 1.76 bits per heavy atom. The first-order valence-corrected chi connectivity index (χ1v) is 8.19. The van der Waals surface area contributed by atoms with Crippen molar-refractivity contribution < 1.29 is 9.53 Å². The second kappa shape index (κ2) is 9.91. The third kappa shape index (κ3) is 6.58. The zero-order chi connectivity index (χ0) is 15.7. The van der Waals surface area contributed by atoms with Gasteiger partial charge in [0.05, 0.1) is 5.02 Å². The molecule has 0 unspecified atom stereocenters. The SMILES string of the molecule is CCCCN(CCCC)C(=O)COc1ccc(Cl)cc1Cl. The highest BCUT2D eigenvalue weighted by atomic mass is 35.5. The van der Waals surface area contributed by atoms with Crippen molar-refractivity contribution in [2.45, 2.75) is 39.5 Å². The Labute approximate surface area is 137 Å².